The number of unbranched alkanes of at least 4 members (excludes halogenated alkanes) is 40. The number of rotatable bonds is 56. The maximum absolute atomic E-state index is 13.4. The smallest absolute Gasteiger partial charge is 0.220 e. The highest BCUT2D eigenvalue weighted by Gasteiger charge is 2.53. The number of hydrogen-bond acceptors (Lipinski definition) is 18. The third-order valence-corrected chi connectivity index (χ3v) is 18.3. The molecule has 88 heavy (non-hydrogen) atoms. The lowest BCUT2D eigenvalue weighted by Crippen LogP contribution is -2.66. The van der Waals surface area contributed by atoms with Gasteiger partial charge < -0.3 is 89.9 Å². The first-order chi connectivity index (χ1) is 42.8. The second-order valence-electron chi connectivity index (χ2n) is 26.1. The van der Waals surface area contributed by atoms with Gasteiger partial charge in [0.1, 0.15) is 73.2 Å². The Balaban J connectivity index is 1.40. The number of aliphatic hydroxyl groups is 11. The molecule has 0 bridgehead atoms. The topological polar surface area (TPSA) is 307 Å². The molecule has 0 spiro atoms. The highest BCUT2D eigenvalue weighted by Crippen LogP contribution is 2.33. The Morgan fingerprint density at radius 1 is 0.398 bits per heavy atom. The molecule has 3 aliphatic heterocycles. The van der Waals surface area contributed by atoms with E-state index in [1.807, 2.05) is 6.08 Å². The number of carbonyl (C=O) groups excluding carboxylic acids is 1. The SMILES string of the molecule is CCCCCCCCCCCCCCCC/C=C/C(O)C(COC1OC(CO)C(OC2OC(CO)C(OC3OC(CO)C(O)C(O)C3O)C(O)C2O)C(O)C1O)NC(=O)CCCCCCCCCCCCCCCCCCCCCCCCCCCCC. The van der Waals surface area contributed by atoms with Crippen molar-refractivity contribution in [1.29, 1.82) is 0 Å². The average Bonchev–Trinajstić information content (AvgIpc) is 3.09. The Kier molecular flexibility index (Phi) is 47.6. The fourth-order valence-corrected chi connectivity index (χ4v) is 12.5. The van der Waals surface area contributed by atoms with Crippen LogP contribution < -0.4 is 5.32 Å². The molecule has 3 rings (SSSR count). The summed E-state index contributed by atoms with van der Waals surface area (Å²) < 4.78 is 34.4. The van der Waals surface area contributed by atoms with Crippen LogP contribution in [0.15, 0.2) is 12.2 Å². The molecule has 0 radical (unpaired) electrons. The van der Waals surface area contributed by atoms with Gasteiger partial charge in [-0.2, -0.15) is 0 Å². The van der Waals surface area contributed by atoms with E-state index in [2.05, 4.69) is 19.2 Å². The van der Waals surface area contributed by atoms with Crippen LogP contribution in [0.2, 0.25) is 0 Å². The number of allylic oxidation sites excluding steroid dienone is 1. The van der Waals surface area contributed by atoms with Gasteiger partial charge in [-0.15, -0.1) is 0 Å². The summed E-state index contributed by atoms with van der Waals surface area (Å²) in [6.07, 6.45) is 30.5. The molecule has 3 heterocycles. The van der Waals surface area contributed by atoms with Crippen molar-refractivity contribution in [3.63, 3.8) is 0 Å². The van der Waals surface area contributed by atoms with E-state index < -0.39 is 124 Å². The van der Waals surface area contributed by atoms with Crippen molar-refractivity contribution in [1.82, 2.24) is 5.32 Å². The van der Waals surface area contributed by atoms with E-state index >= 15 is 0 Å². The molecule has 0 aromatic rings. The van der Waals surface area contributed by atoms with Crippen LogP contribution in [0, 0.1) is 0 Å². The predicted octanol–water partition coefficient (Wildman–Crippen LogP) is 9.67. The molecule has 3 saturated heterocycles. The number of carbonyl (C=O) groups is 1. The molecule has 17 atom stereocenters. The van der Waals surface area contributed by atoms with E-state index in [-0.39, 0.29) is 18.9 Å². The lowest BCUT2D eigenvalue weighted by molar-refractivity contribution is -0.379. The Labute approximate surface area is 531 Å². The summed E-state index contributed by atoms with van der Waals surface area (Å²) in [4.78, 5) is 13.4. The second-order valence-corrected chi connectivity index (χ2v) is 26.1. The summed E-state index contributed by atoms with van der Waals surface area (Å²) in [6, 6.07) is -0.968. The van der Waals surface area contributed by atoms with E-state index in [9.17, 15) is 61.0 Å². The standard InChI is InChI=1S/C69H131NO18/c1-3-5-7-9-11-13-15-17-19-21-22-23-24-25-26-27-28-29-30-31-33-35-37-39-41-43-45-47-57(75)70-52(53(74)46-44-42-40-38-36-34-32-20-18-16-14-12-10-8-6-4-2)51-83-67-63(81)60(78)65(55(49-72)85-67)88-69-64(82)61(79)66(56(50-73)86-69)87-68-62(80)59(77)58(76)54(48-71)84-68/h44,46,52-56,58-69,71-74,76-82H,3-43,45,47-51H2,1-2H3,(H,70,75)/b46-44+. The fourth-order valence-electron chi connectivity index (χ4n) is 12.5. The molecule has 1 amide bonds. The third kappa shape index (κ3) is 33.6. The summed E-state index contributed by atoms with van der Waals surface area (Å²) in [6.45, 7) is 1.77. The molecule has 19 heteroatoms. The van der Waals surface area contributed by atoms with Crippen LogP contribution in [0.25, 0.3) is 0 Å². The minimum atomic E-state index is -1.98. The van der Waals surface area contributed by atoms with Crippen molar-refractivity contribution in [2.45, 2.75) is 394 Å². The molecule has 520 valence electrons. The van der Waals surface area contributed by atoms with E-state index in [0.29, 0.717) is 6.42 Å². The first kappa shape index (κ1) is 80.8. The summed E-state index contributed by atoms with van der Waals surface area (Å²) in [7, 11) is 0. The van der Waals surface area contributed by atoms with Gasteiger partial charge in [-0.25, -0.2) is 0 Å². The van der Waals surface area contributed by atoms with Crippen molar-refractivity contribution < 1.29 is 89.4 Å². The van der Waals surface area contributed by atoms with Gasteiger partial charge in [0.15, 0.2) is 18.9 Å². The van der Waals surface area contributed by atoms with Gasteiger partial charge in [0.25, 0.3) is 0 Å². The maximum atomic E-state index is 13.4. The predicted molar refractivity (Wildman–Crippen MR) is 342 cm³/mol. The molecule has 12 N–H and O–H groups in total. The van der Waals surface area contributed by atoms with Gasteiger partial charge in [0.2, 0.25) is 5.91 Å². The zero-order chi connectivity index (χ0) is 64.0. The largest absolute Gasteiger partial charge is 0.394 e. The van der Waals surface area contributed by atoms with Crippen molar-refractivity contribution in [2.75, 3.05) is 26.4 Å². The highest BCUT2D eigenvalue weighted by atomic mass is 16.8. The molecular formula is C69H131NO18. The van der Waals surface area contributed by atoms with E-state index in [1.165, 1.54) is 218 Å². The highest BCUT2D eigenvalue weighted by molar-refractivity contribution is 5.76. The monoisotopic (exact) mass is 1260 g/mol. The van der Waals surface area contributed by atoms with E-state index in [0.717, 1.165) is 44.9 Å². The number of amides is 1. The molecular weight excluding hydrogens is 1130 g/mol. The summed E-state index contributed by atoms with van der Waals surface area (Å²) in [5.41, 5.74) is 0. The Hall–Kier alpha value is -1.47. The minimum absolute atomic E-state index is 0.250. The molecule has 0 saturated carbocycles. The lowest BCUT2D eigenvalue weighted by Gasteiger charge is -2.48. The number of hydrogen-bond donors (Lipinski definition) is 12. The van der Waals surface area contributed by atoms with Crippen LogP contribution in [0.1, 0.15) is 290 Å². The zero-order valence-electron chi connectivity index (χ0n) is 55.0. The maximum Gasteiger partial charge on any atom is 0.220 e. The third-order valence-electron chi connectivity index (χ3n) is 18.3. The molecule has 0 aromatic carbocycles. The minimum Gasteiger partial charge on any atom is -0.394 e. The van der Waals surface area contributed by atoms with Gasteiger partial charge in [-0.3, -0.25) is 4.79 Å². The molecule has 3 aliphatic rings. The van der Waals surface area contributed by atoms with Crippen LogP contribution in [-0.2, 0) is 33.2 Å². The zero-order valence-corrected chi connectivity index (χ0v) is 55.0. The fraction of sp³-hybridized carbons (Fsp3) is 0.957. The van der Waals surface area contributed by atoms with Gasteiger partial charge in [0.05, 0.1) is 38.6 Å². The van der Waals surface area contributed by atoms with E-state index in [4.69, 9.17) is 28.4 Å². The van der Waals surface area contributed by atoms with Crippen molar-refractivity contribution in [3.8, 4) is 0 Å². The molecule has 3 fully saturated rings. The van der Waals surface area contributed by atoms with Crippen molar-refractivity contribution >= 4 is 5.91 Å². The second kappa shape index (κ2) is 51.9. The number of nitrogens with one attached hydrogen (secondary N) is 1. The Bertz CT molecular complexity index is 1650. The Morgan fingerprint density at radius 3 is 1.07 bits per heavy atom. The van der Waals surface area contributed by atoms with E-state index in [1.54, 1.807) is 6.08 Å². The molecule has 17 unspecified atom stereocenters. The van der Waals surface area contributed by atoms with Crippen LogP contribution in [0.4, 0.5) is 0 Å². The normalized spacial score (nSPS) is 28.4. The Morgan fingerprint density at radius 2 is 0.705 bits per heavy atom. The van der Waals surface area contributed by atoms with Crippen LogP contribution in [0.5, 0.6) is 0 Å². The number of aliphatic hydroxyl groups excluding tert-OH is 11. The lowest BCUT2D eigenvalue weighted by atomic mass is 9.96. The van der Waals surface area contributed by atoms with Crippen LogP contribution >= 0.6 is 0 Å². The quantitative estimate of drug-likeness (QED) is 0.0199. The van der Waals surface area contributed by atoms with Crippen molar-refractivity contribution in [2.24, 2.45) is 0 Å². The van der Waals surface area contributed by atoms with Gasteiger partial charge >= 0.3 is 0 Å². The van der Waals surface area contributed by atoms with Gasteiger partial charge in [0, 0.05) is 6.42 Å². The molecule has 0 aromatic heterocycles. The first-order valence-corrected chi connectivity index (χ1v) is 35.9. The summed E-state index contributed by atoms with van der Waals surface area (Å²) >= 11 is 0. The summed E-state index contributed by atoms with van der Waals surface area (Å²) in [5, 5.41) is 121. The van der Waals surface area contributed by atoms with Crippen LogP contribution in [-0.4, -0.2) is 193 Å². The number of ether oxygens (including phenoxy) is 6. The van der Waals surface area contributed by atoms with Gasteiger partial charge in [-0.05, 0) is 19.3 Å². The first-order valence-electron chi connectivity index (χ1n) is 35.9. The molecule has 0 aliphatic carbocycles. The van der Waals surface area contributed by atoms with Gasteiger partial charge in [-0.1, -0.05) is 276 Å². The van der Waals surface area contributed by atoms with Crippen molar-refractivity contribution in [3.05, 3.63) is 12.2 Å². The average molecular weight is 1260 g/mol. The summed E-state index contributed by atoms with van der Waals surface area (Å²) in [5.74, 6) is -0.269. The molecule has 19 nitrogen and oxygen atoms in total. The van der Waals surface area contributed by atoms with Crippen LogP contribution in [0.3, 0.4) is 0 Å².